The van der Waals surface area contributed by atoms with Crippen molar-refractivity contribution in [1.82, 2.24) is 0 Å². The van der Waals surface area contributed by atoms with Crippen molar-refractivity contribution in [3.05, 3.63) is 34.3 Å². The average molecular weight is 184 g/mol. The van der Waals surface area contributed by atoms with Gasteiger partial charge < -0.3 is 5.21 Å². The summed E-state index contributed by atoms with van der Waals surface area (Å²) in [6.07, 6.45) is 0. The fourth-order valence-electron chi connectivity index (χ4n) is 0.927. The molecule has 1 aromatic carbocycles. The van der Waals surface area contributed by atoms with Gasteiger partial charge in [0.05, 0.1) is 5.71 Å². The number of nitrogens with zero attached hydrogens (tertiary/aromatic N) is 1. The minimum atomic E-state index is 0.592. The van der Waals surface area contributed by atoms with Crippen LogP contribution in [0.1, 0.15) is 18.1 Å². The van der Waals surface area contributed by atoms with E-state index in [1.54, 1.807) is 13.0 Å². The van der Waals surface area contributed by atoms with Crippen LogP contribution in [0.25, 0.3) is 0 Å². The molecule has 0 spiro atoms. The van der Waals surface area contributed by atoms with Crippen LogP contribution >= 0.6 is 11.6 Å². The Hall–Kier alpha value is -1.02. The van der Waals surface area contributed by atoms with Gasteiger partial charge in [-0.1, -0.05) is 22.8 Å². The standard InChI is InChI=1S/C9H10ClNO/c1-6-5-8(7(2)11-12)3-4-9(6)10/h3-5,12H,1-2H3. The molecular formula is C9H10ClNO. The third kappa shape index (κ3) is 1.77. The van der Waals surface area contributed by atoms with Gasteiger partial charge in [0.2, 0.25) is 0 Å². The maximum Gasteiger partial charge on any atom is 0.0837 e. The van der Waals surface area contributed by atoms with Crippen LogP contribution in [-0.4, -0.2) is 10.9 Å². The second-order valence-electron chi connectivity index (χ2n) is 2.65. The van der Waals surface area contributed by atoms with E-state index in [1.807, 2.05) is 19.1 Å². The molecule has 1 N–H and O–H groups in total. The molecule has 64 valence electrons. The number of oxime groups is 1. The molecule has 1 rings (SSSR count). The van der Waals surface area contributed by atoms with Gasteiger partial charge in [0.1, 0.15) is 0 Å². The molecule has 0 bridgehead atoms. The van der Waals surface area contributed by atoms with Gasteiger partial charge in [0.25, 0.3) is 0 Å². The smallest absolute Gasteiger partial charge is 0.0837 e. The molecule has 0 aromatic heterocycles. The van der Waals surface area contributed by atoms with Gasteiger partial charge in [-0.05, 0) is 37.1 Å². The fourth-order valence-corrected chi connectivity index (χ4v) is 1.05. The minimum Gasteiger partial charge on any atom is -0.411 e. The Morgan fingerprint density at radius 2 is 2.17 bits per heavy atom. The zero-order valence-electron chi connectivity index (χ0n) is 7.00. The minimum absolute atomic E-state index is 0.592. The summed E-state index contributed by atoms with van der Waals surface area (Å²) in [5, 5.41) is 12.3. The summed E-state index contributed by atoms with van der Waals surface area (Å²) < 4.78 is 0. The van der Waals surface area contributed by atoms with Crippen LogP contribution in [0.4, 0.5) is 0 Å². The highest BCUT2D eigenvalue weighted by molar-refractivity contribution is 6.31. The lowest BCUT2D eigenvalue weighted by Crippen LogP contribution is -1.94. The molecular weight excluding hydrogens is 174 g/mol. The van der Waals surface area contributed by atoms with Crippen molar-refractivity contribution < 1.29 is 5.21 Å². The van der Waals surface area contributed by atoms with E-state index < -0.39 is 0 Å². The van der Waals surface area contributed by atoms with Gasteiger partial charge in [-0.3, -0.25) is 0 Å². The maximum absolute atomic E-state index is 8.50. The molecule has 0 aliphatic carbocycles. The number of benzene rings is 1. The predicted molar refractivity (Wildman–Crippen MR) is 50.2 cm³/mol. The van der Waals surface area contributed by atoms with Gasteiger partial charge in [-0.25, -0.2) is 0 Å². The summed E-state index contributed by atoms with van der Waals surface area (Å²) in [6.45, 7) is 3.65. The molecule has 0 radical (unpaired) electrons. The summed E-state index contributed by atoms with van der Waals surface area (Å²) >= 11 is 5.83. The second kappa shape index (κ2) is 3.59. The van der Waals surface area contributed by atoms with Crippen molar-refractivity contribution in [3.63, 3.8) is 0 Å². The number of hydrogen-bond acceptors (Lipinski definition) is 2. The van der Waals surface area contributed by atoms with Gasteiger partial charge in [0.15, 0.2) is 0 Å². The lowest BCUT2D eigenvalue weighted by molar-refractivity contribution is 0.319. The van der Waals surface area contributed by atoms with E-state index in [0.29, 0.717) is 5.71 Å². The Balaban J connectivity index is 3.13. The molecule has 0 heterocycles. The van der Waals surface area contributed by atoms with Crippen molar-refractivity contribution in [2.45, 2.75) is 13.8 Å². The van der Waals surface area contributed by atoms with Crippen molar-refractivity contribution in [2.75, 3.05) is 0 Å². The lowest BCUT2D eigenvalue weighted by atomic mass is 10.1. The first-order valence-corrected chi connectivity index (χ1v) is 3.98. The van der Waals surface area contributed by atoms with Gasteiger partial charge in [-0.2, -0.15) is 0 Å². The summed E-state index contributed by atoms with van der Waals surface area (Å²) in [7, 11) is 0. The maximum atomic E-state index is 8.50. The molecule has 0 fully saturated rings. The molecule has 0 aliphatic rings. The van der Waals surface area contributed by atoms with Crippen LogP contribution in [0.15, 0.2) is 23.4 Å². The number of hydrogen-bond donors (Lipinski definition) is 1. The van der Waals surface area contributed by atoms with Crippen molar-refractivity contribution in [1.29, 1.82) is 0 Å². The number of rotatable bonds is 1. The highest BCUT2D eigenvalue weighted by Crippen LogP contribution is 2.16. The molecule has 0 saturated carbocycles. The normalized spacial score (nSPS) is 11.8. The van der Waals surface area contributed by atoms with Crippen molar-refractivity contribution >= 4 is 17.3 Å². The molecule has 0 atom stereocenters. The van der Waals surface area contributed by atoms with E-state index in [1.165, 1.54) is 0 Å². The van der Waals surface area contributed by atoms with Crippen LogP contribution < -0.4 is 0 Å². The van der Waals surface area contributed by atoms with E-state index in [9.17, 15) is 0 Å². The first-order chi connectivity index (χ1) is 5.65. The van der Waals surface area contributed by atoms with E-state index in [-0.39, 0.29) is 0 Å². The van der Waals surface area contributed by atoms with E-state index in [4.69, 9.17) is 16.8 Å². The molecule has 0 unspecified atom stereocenters. The Bertz CT molecular complexity index is 320. The third-order valence-corrected chi connectivity index (χ3v) is 2.15. The first kappa shape index (κ1) is 9.07. The Kier molecular flexibility index (Phi) is 2.71. The second-order valence-corrected chi connectivity index (χ2v) is 3.06. The third-order valence-electron chi connectivity index (χ3n) is 1.73. The molecule has 1 aromatic rings. The highest BCUT2D eigenvalue weighted by atomic mass is 35.5. The molecule has 0 amide bonds. The highest BCUT2D eigenvalue weighted by Gasteiger charge is 2.00. The number of halogens is 1. The van der Waals surface area contributed by atoms with Gasteiger partial charge in [-0.15, -0.1) is 0 Å². The zero-order valence-corrected chi connectivity index (χ0v) is 7.76. The zero-order chi connectivity index (χ0) is 9.14. The average Bonchev–Trinajstić information content (AvgIpc) is 2.08. The lowest BCUT2D eigenvalue weighted by Gasteiger charge is -2.01. The topological polar surface area (TPSA) is 32.6 Å². The van der Waals surface area contributed by atoms with Gasteiger partial charge in [0, 0.05) is 5.02 Å². The molecule has 0 aliphatic heterocycles. The fraction of sp³-hybridized carbons (Fsp3) is 0.222. The molecule has 12 heavy (non-hydrogen) atoms. The van der Waals surface area contributed by atoms with Crippen molar-refractivity contribution in [3.8, 4) is 0 Å². The Morgan fingerprint density at radius 3 is 2.67 bits per heavy atom. The first-order valence-electron chi connectivity index (χ1n) is 3.60. The molecule has 0 saturated heterocycles. The number of aryl methyl sites for hydroxylation is 1. The Morgan fingerprint density at radius 1 is 1.50 bits per heavy atom. The summed E-state index contributed by atoms with van der Waals surface area (Å²) in [5.74, 6) is 0. The monoisotopic (exact) mass is 183 g/mol. The van der Waals surface area contributed by atoms with Crippen molar-refractivity contribution in [2.24, 2.45) is 5.16 Å². The van der Waals surface area contributed by atoms with Crippen LogP contribution in [-0.2, 0) is 0 Å². The quantitative estimate of drug-likeness (QED) is 0.405. The van der Waals surface area contributed by atoms with Crippen LogP contribution in [0.3, 0.4) is 0 Å². The summed E-state index contributed by atoms with van der Waals surface area (Å²) in [4.78, 5) is 0. The molecule has 2 nitrogen and oxygen atoms in total. The van der Waals surface area contributed by atoms with Crippen LogP contribution in [0, 0.1) is 6.92 Å². The molecule has 3 heteroatoms. The Labute approximate surface area is 76.5 Å². The summed E-state index contributed by atoms with van der Waals surface area (Å²) in [6, 6.07) is 5.50. The van der Waals surface area contributed by atoms with Crippen LogP contribution in [0.5, 0.6) is 0 Å². The van der Waals surface area contributed by atoms with E-state index in [2.05, 4.69) is 5.16 Å². The van der Waals surface area contributed by atoms with Gasteiger partial charge >= 0.3 is 0 Å². The largest absolute Gasteiger partial charge is 0.411 e. The SMILES string of the molecule is CC(=NO)c1ccc(Cl)c(C)c1. The predicted octanol–water partition coefficient (Wildman–Crippen LogP) is 2.85. The summed E-state index contributed by atoms with van der Waals surface area (Å²) in [5.41, 5.74) is 2.46. The van der Waals surface area contributed by atoms with E-state index >= 15 is 0 Å². The van der Waals surface area contributed by atoms with E-state index in [0.717, 1.165) is 16.1 Å². The van der Waals surface area contributed by atoms with Crippen LogP contribution in [0.2, 0.25) is 5.02 Å².